The summed E-state index contributed by atoms with van der Waals surface area (Å²) in [6.07, 6.45) is 9.94. The zero-order valence-electron chi connectivity index (χ0n) is 12.2. The number of allylic oxidation sites excluding steroid dienone is 1. The van der Waals surface area contributed by atoms with E-state index >= 15 is 0 Å². The maximum atomic E-state index is 4.73. The summed E-state index contributed by atoms with van der Waals surface area (Å²) >= 11 is 0. The van der Waals surface area contributed by atoms with Crippen molar-refractivity contribution >= 4 is 22.7 Å². The highest BCUT2D eigenvalue weighted by molar-refractivity contribution is 6.15. The Morgan fingerprint density at radius 3 is 3.00 bits per heavy atom. The molecule has 0 radical (unpaired) electrons. The van der Waals surface area contributed by atoms with Crippen LogP contribution < -0.4 is 0 Å². The molecule has 22 heavy (non-hydrogen) atoms. The Morgan fingerprint density at radius 1 is 1.09 bits per heavy atom. The van der Waals surface area contributed by atoms with Crippen LogP contribution >= 0.6 is 0 Å². The molecule has 108 valence electrons. The molecule has 4 rings (SSSR count). The highest BCUT2D eigenvalue weighted by Gasteiger charge is 2.14. The molecule has 0 spiro atoms. The van der Waals surface area contributed by atoms with Crippen molar-refractivity contribution in [2.75, 3.05) is 6.54 Å². The average Bonchev–Trinajstić information content (AvgIpc) is 3.06. The monoisotopic (exact) mass is 288 g/mol. The molecule has 0 unspecified atom stereocenters. The molecule has 3 aromatic rings. The smallest absolute Gasteiger partial charge is 0.0694 e. The quantitative estimate of drug-likeness (QED) is 0.783. The fourth-order valence-corrected chi connectivity index (χ4v) is 2.90. The molecule has 0 saturated heterocycles. The highest BCUT2D eigenvalue weighted by atomic mass is 15.1. The SMILES string of the molecule is C(=C1CCCN=C1c1cccnc1)c1cccc2[nH]ncc12. The lowest BCUT2D eigenvalue weighted by Gasteiger charge is -2.16. The van der Waals surface area contributed by atoms with E-state index in [1.54, 1.807) is 6.20 Å². The summed E-state index contributed by atoms with van der Waals surface area (Å²) in [6, 6.07) is 10.3. The van der Waals surface area contributed by atoms with Gasteiger partial charge in [0.2, 0.25) is 0 Å². The van der Waals surface area contributed by atoms with Crippen molar-refractivity contribution in [3.05, 3.63) is 65.6 Å². The Morgan fingerprint density at radius 2 is 2.09 bits per heavy atom. The highest BCUT2D eigenvalue weighted by Crippen LogP contribution is 2.25. The average molecular weight is 288 g/mol. The summed E-state index contributed by atoms with van der Waals surface area (Å²) in [5, 5.41) is 8.30. The number of aliphatic imine (C=N–C) groups is 1. The Labute approximate surface area is 128 Å². The Bertz CT molecular complexity index is 859. The number of hydrogen-bond donors (Lipinski definition) is 1. The minimum absolute atomic E-state index is 0.886. The van der Waals surface area contributed by atoms with Crippen LogP contribution in [-0.4, -0.2) is 27.4 Å². The molecule has 3 heterocycles. The number of pyridine rings is 1. The molecule has 0 amide bonds. The number of nitrogens with zero attached hydrogens (tertiary/aromatic N) is 3. The fourth-order valence-electron chi connectivity index (χ4n) is 2.90. The van der Waals surface area contributed by atoms with Crippen LogP contribution in [0.2, 0.25) is 0 Å². The lowest BCUT2D eigenvalue weighted by molar-refractivity contribution is 0.818. The summed E-state index contributed by atoms with van der Waals surface area (Å²) in [5.74, 6) is 0. The maximum absolute atomic E-state index is 4.73. The number of H-pyrrole nitrogens is 1. The zero-order valence-corrected chi connectivity index (χ0v) is 12.2. The first-order chi connectivity index (χ1) is 10.9. The van der Waals surface area contributed by atoms with Crippen LogP contribution in [0.3, 0.4) is 0 Å². The Balaban J connectivity index is 1.81. The summed E-state index contributed by atoms with van der Waals surface area (Å²) < 4.78 is 0. The molecule has 4 nitrogen and oxygen atoms in total. The van der Waals surface area contributed by atoms with Crippen molar-refractivity contribution in [2.45, 2.75) is 12.8 Å². The Kier molecular flexibility index (Phi) is 3.27. The largest absolute Gasteiger partial charge is 0.284 e. The van der Waals surface area contributed by atoms with Crippen molar-refractivity contribution in [3.63, 3.8) is 0 Å². The number of benzene rings is 1. The lowest BCUT2D eigenvalue weighted by atomic mass is 9.94. The Hall–Kier alpha value is -2.75. The van der Waals surface area contributed by atoms with E-state index in [1.807, 2.05) is 24.5 Å². The summed E-state index contributed by atoms with van der Waals surface area (Å²) in [5.41, 5.74) is 5.67. The number of nitrogens with one attached hydrogen (secondary N) is 1. The van der Waals surface area contributed by atoms with Gasteiger partial charge >= 0.3 is 0 Å². The van der Waals surface area contributed by atoms with Crippen molar-refractivity contribution < 1.29 is 0 Å². The van der Waals surface area contributed by atoms with Crippen LogP contribution in [0.15, 0.2) is 59.5 Å². The zero-order chi connectivity index (χ0) is 14.8. The van der Waals surface area contributed by atoms with Gasteiger partial charge in [0, 0.05) is 29.9 Å². The first-order valence-corrected chi connectivity index (χ1v) is 7.50. The third-order valence-corrected chi connectivity index (χ3v) is 3.96. The van der Waals surface area contributed by atoms with Crippen LogP contribution in [0, 0.1) is 0 Å². The third kappa shape index (κ3) is 2.33. The molecule has 2 aromatic heterocycles. The number of fused-ring (bicyclic) bond motifs is 1. The normalized spacial score (nSPS) is 16.9. The van der Waals surface area contributed by atoms with Crippen LogP contribution in [0.5, 0.6) is 0 Å². The number of aromatic amines is 1. The predicted molar refractivity (Wildman–Crippen MR) is 88.9 cm³/mol. The van der Waals surface area contributed by atoms with Gasteiger partial charge in [-0.2, -0.15) is 5.10 Å². The molecule has 0 aliphatic carbocycles. The second-order valence-electron chi connectivity index (χ2n) is 5.42. The number of hydrogen-bond acceptors (Lipinski definition) is 3. The molecule has 1 aromatic carbocycles. The van der Waals surface area contributed by atoms with Crippen LogP contribution in [0.25, 0.3) is 17.0 Å². The molecule has 0 fully saturated rings. The van der Waals surface area contributed by atoms with Crippen molar-refractivity contribution in [1.29, 1.82) is 0 Å². The van der Waals surface area contributed by atoms with E-state index in [4.69, 9.17) is 4.99 Å². The van der Waals surface area contributed by atoms with Crippen molar-refractivity contribution in [1.82, 2.24) is 15.2 Å². The van der Waals surface area contributed by atoms with Gasteiger partial charge in [-0.25, -0.2) is 0 Å². The molecular weight excluding hydrogens is 272 g/mol. The summed E-state index contributed by atoms with van der Waals surface area (Å²) in [6.45, 7) is 0.886. The van der Waals surface area contributed by atoms with E-state index < -0.39 is 0 Å². The molecule has 1 aliphatic heterocycles. The van der Waals surface area contributed by atoms with Crippen LogP contribution in [0.4, 0.5) is 0 Å². The summed E-state index contributed by atoms with van der Waals surface area (Å²) in [4.78, 5) is 8.95. The van der Waals surface area contributed by atoms with Gasteiger partial charge in [0.25, 0.3) is 0 Å². The van der Waals surface area contributed by atoms with Gasteiger partial charge in [-0.15, -0.1) is 0 Å². The van der Waals surface area contributed by atoms with Crippen molar-refractivity contribution in [3.8, 4) is 0 Å². The van der Waals surface area contributed by atoms with E-state index in [0.29, 0.717) is 0 Å². The predicted octanol–water partition coefficient (Wildman–Crippen LogP) is 3.62. The molecule has 1 N–H and O–H groups in total. The number of aromatic nitrogens is 3. The van der Waals surface area contributed by atoms with E-state index in [9.17, 15) is 0 Å². The first kappa shape index (κ1) is 13.0. The van der Waals surface area contributed by atoms with E-state index in [-0.39, 0.29) is 0 Å². The topological polar surface area (TPSA) is 53.9 Å². The first-order valence-electron chi connectivity index (χ1n) is 7.50. The minimum atomic E-state index is 0.886. The van der Waals surface area contributed by atoms with Gasteiger partial charge in [0.05, 0.1) is 17.4 Å². The van der Waals surface area contributed by atoms with E-state index in [1.165, 1.54) is 11.1 Å². The van der Waals surface area contributed by atoms with Gasteiger partial charge in [0.1, 0.15) is 0 Å². The second-order valence-corrected chi connectivity index (χ2v) is 5.42. The third-order valence-electron chi connectivity index (χ3n) is 3.96. The van der Waals surface area contributed by atoms with Gasteiger partial charge in [0.15, 0.2) is 0 Å². The minimum Gasteiger partial charge on any atom is -0.284 e. The van der Waals surface area contributed by atoms with E-state index in [2.05, 4.69) is 39.5 Å². The summed E-state index contributed by atoms with van der Waals surface area (Å²) in [7, 11) is 0. The molecule has 0 atom stereocenters. The maximum Gasteiger partial charge on any atom is 0.0694 e. The lowest BCUT2D eigenvalue weighted by Crippen LogP contribution is -2.11. The van der Waals surface area contributed by atoms with Crippen LogP contribution in [-0.2, 0) is 0 Å². The van der Waals surface area contributed by atoms with Gasteiger partial charge in [-0.1, -0.05) is 12.1 Å². The van der Waals surface area contributed by atoms with Gasteiger partial charge in [-0.05, 0) is 48.3 Å². The van der Waals surface area contributed by atoms with E-state index in [0.717, 1.165) is 41.6 Å². The fraction of sp³-hybridized carbons (Fsp3) is 0.167. The van der Waals surface area contributed by atoms with Crippen LogP contribution in [0.1, 0.15) is 24.0 Å². The molecule has 4 heteroatoms. The second kappa shape index (κ2) is 5.56. The molecule has 0 saturated carbocycles. The molecular formula is C18H16N4. The van der Waals surface area contributed by atoms with Gasteiger partial charge in [-0.3, -0.25) is 15.1 Å². The number of rotatable bonds is 2. The van der Waals surface area contributed by atoms with Crippen molar-refractivity contribution in [2.24, 2.45) is 4.99 Å². The van der Waals surface area contributed by atoms with Gasteiger partial charge < -0.3 is 0 Å². The molecule has 0 bridgehead atoms. The standard InChI is InChI=1S/C18H16N4/c1-4-13(16-12-21-22-17(16)7-1)10-14-5-3-9-20-18(14)15-6-2-8-19-11-15/h1-2,4,6-8,10-12H,3,5,9H2,(H,21,22). The molecule has 1 aliphatic rings.